The molecule has 0 aromatic carbocycles. The van der Waals surface area contributed by atoms with Gasteiger partial charge >= 0.3 is 0 Å². The number of rotatable bonds is 9. The molecule has 0 N–H and O–H groups in total. The van der Waals surface area contributed by atoms with Crippen LogP contribution in [0.5, 0.6) is 0 Å². The summed E-state index contributed by atoms with van der Waals surface area (Å²) in [7, 11) is -0.432. The van der Waals surface area contributed by atoms with Crippen molar-refractivity contribution in [3.05, 3.63) is 0 Å². The molecule has 0 aliphatic heterocycles. The quantitative estimate of drug-likeness (QED) is 0.424. The van der Waals surface area contributed by atoms with Crippen molar-refractivity contribution < 1.29 is 13.9 Å². The van der Waals surface area contributed by atoms with Crippen LogP contribution in [0.2, 0.25) is 6.04 Å². The van der Waals surface area contributed by atoms with Crippen LogP contribution >= 0.6 is 0 Å². The van der Waals surface area contributed by atoms with Crippen LogP contribution in [0.25, 0.3) is 0 Å². The fourth-order valence-electron chi connectivity index (χ4n) is 0.787. The predicted molar refractivity (Wildman–Crippen MR) is 56.4 cm³/mol. The molecule has 0 bridgehead atoms. The summed E-state index contributed by atoms with van der Waals surface area (Å²) in [6, 6.07) is 1.13. The van der Waals surface area contributed by atoms with Crippen molar-refractivity contribution in [1.29, 1.82) is 0 Å². The first-order valence-corrected chi connectivity index (χ1v) is 6.77. The molecule has 0 aliphatic carbocycles. The lowest BCUT2D eigenvalue weighted by atomic mass is 10.5. The van der Waals surface area contributed by atoms with Gasteiger partial charge in [0.25, 0.3) is 6.48 Å². The smallest absolute Gasteiger partial charge is 0.261 e. The summed E-state index contributed by atoms with van der Waals surface area (Å²) >= 11 is 0. The van der Waals surface area contributed by atoms with E-state index in [1.165, 1.54) is 0 Å². The van der Waals surface area contributed by atoms with Gasteiger partial charge in [0.05, 0.1) is 13.2 Å². The molecule has 80 valence electrons. The Morgan fingerprint density at radius 3 is 1.92 bits per heavy atom. The summed E-state index contributed by atoms with van der Waals surface area (Å²) in [4.78, 5) is 0. The van der Waals surface area contributed by atoms with Crippen molar-refractivity contribution >= 4 is 9.76 Å². The van der Waals surface area contributed by atoms with Gasteiger partial charge in [0, 0.05) is 0 Å². The molecule has 0 saturated carbocycles. The van der Waals surface area contributed by atoms with Crippen LogP contribution in [0.3, 0.4) is 0 Å². The highest BCUT2D eigenvalue weighted by Gasteiger charge is 2.07. The van der Waals surface area contributed by atoms with E-state index in [0.29, 0.717) is 13.2 Å². The van der Waals surface area contributed by atoms with E-state index in [-0.39, 0.29) is 0 Å². The molecule has 0 atom stereocenters. The van der Waals surface area contributed by atoms with E-state index in [1.54, 1.807) is 0 Å². The molecule has 3 nitrogen and oxygen atoms in total. The Kier molecular flexibility index (Phi) is 10.3. The first-order valence-electron chi connectivity index (χ1n) is 5.19. The minimum atomic E-state index is -0.432. The van der Waals surface area contributed by atoms with E-state index < -0.39 is 16.2 Å². The molecule has 0 unspecified atom stereocenters. The lowest BCUT2D eigenvalue weighted by molar-refractivity contribution is -0.247. The summed E-state index contributed by atoms with van der Waals surface area (Å²) in [6.07, 6.45) is 2.01. The number of hydrogen-bond donors (Lipinski definition) is 0. The maximum Gasteiger partial charge on any atom is 0.261 e. The first kappa shape index (κ1) is 13.1. The van der Waals surface area contributed by atoms with Gasteiger partial charge in [0.15, 0.2) is 9.76 Å². The highest BCUT2D eigenvalue weighted by atomic mass is 28.2. The molecule has 0 aromatic heterocycles. The third-order valence-corrected chi connectivity index (χ3v) is 2.29. The predicted octanol–water partition coefficient (Wildman–Crippen LogP) is 1.66. The molecule has 4 heteroatoms. The Morgan fingerprint density at radius 1 is 1.00 bits per heavy atom. The van der Waals surface area contributed by atoms with Crippen LogP contribution < -0.4 is 0 Å². The summed E-state index contributed by atoms with van der Waals surface area (Å²) in [5.41, 5.74) is 0. The van der Waals surface area contributed by atoms with E-state index in [4.69, 9.17) is 13.9 Å². The molecule has 0 fully saturated rings. The fraction of sp³-hybridized carbons (Fsp3) is 1.00. The van der Waals surface area contributed by atoms with Gasteiger partial charge in [-0.25, -0.2) is 0 Å². The largest absolute Gasteiger partial charge is 0.379 e. The lowest BCUT2D eigenvalue weighted by Gasteiger charge is -2.18. The Hall–Kier alpha value is 0.0969. The fourth-order valence-corrected chi connectivity index (χ4v) is 1.41. The van der Waals surface area contributed by atoms with Crippen LogP contribution in [-0.4, -0.2) is 29.5 Å². The van der Waals surface area contributed by atoms with Gasteiger partial charge in [-0.05, 0) is 18.9 Å². The van der Waals surface area contributed by atoms with Gasteiger partial charge in [-0.1, -0.05) is 20.8 Å². The highest BCUT2D eigenvalue weighted by Crippen LogP contribution is 1.99. The van der Waals surface area contributed by atoms with Gasteiger partial charge in [0.2, 0.25) is 0 Å². The van der Waals surface area contributed by atoms with Gasteiger partial charge in [-0.3, -0.25) is 0 Å². The zero-order valence-corrected chi connectivity index (χ0v) is 10.5. The first-order chi connectivity index (χ1) is 6.35. The average molecular weight is 206 g/mol. The summed E-state index contributed by atoms with van der Waals surface area (Å²) in [6.45, 7) is 7.32. The molecule has 0 aliphatic rings. The van der Waals surface area contributed by atoms with Crippen molar-refractivity contribution in [2.75, 3.05) is 13.2 Å². The third kappa shape index (κ3) is 8.43. The van der Waals surface area contributed by atoms with Crippen LogP contribution in [-0.2, 0) is 13.9 Å². The minimum absolute atomic E-state index is 0.397. The molecule has 13 heavy (non-hydrogen) atoms. The zero-order valence-electron chi connectivity index (χ0n) is 9.04. The molecule has 0 rings (SSSR count). The highest BCUT2D eigenvalue weighted by molar-refractivity contribution is 6.26. The molecular weight excluding hydrogens is 184 g/mol. The summed E-state index contributed by atoms with van der Waals surface area (Å²) in [5.74, 6) is 0. The van der Waals surface area contributed by atoms with E-state index in [0.717, 1.165) is 18.9 Å². The van der Waals surface area contributed by atoms with Gasteiger partial charge in [0.1, 0.15) is 0 Å². The molecule has 0 heterocycles. The normalized spacial score (nSPS) is 12.0. The van der Waals surface area contributed by atoms with Crippen molar-refractivity contribution in [1.82, 2.24) is 0 Å². The van der Waals surface area contributed by atoms with E-state index >= 15 is 0 Å². The van der Waals surface area contributed by atoms with Crippen molar-refractivity contribution in [3.63, 3.8) is 0 Å². The summed E-state index contributed by atoms with van der Waals surface area (Å²) in [5, 5.41) is 0. The van der Waals surface area contributed by atoms with Crippen LogP contribution in [0.1, 0.15) is 33.6 Å². The molecule has 0 amide bonds. The second-order valence-corrected chi connectivity index (χ2v) is 4.64. The minimum Gasteiger partial charge on any atom is -0.379 e. The van der Waals surface area contributed by atoms with E-state index in [9.17, 15) is 0 Å². The lowest BCUT2D eigenvalue weighted by Crippen LogP contribution is -2.23. The molecular formula is C9H22O3Si. The van der Waals surface area contributed by atoms with Crippen molar-refractivity contribution in [2.45, 2.75) is 46.1 Å². The van der Waals surface area contributed by atoms with Crippen molar-refractivity contribution in [2.24, 2.45) is 0 Å². The van der Waals surface area contributed by atoms with Gasteiger partial charge in [-0.15, -0.1) is 0 Å². The van der Waals surface area contributed by atoms with Crippen LogP contribution in [0.4, 0.5) is 0 Å². The Labute approximate surface area is 83.7 Å². The van der Waals surface area contributed by atoms with Crippen LogP contribution in [0, 0.1) is 0 Å². The van der Waals surface area contributed by atoms with Crippen LogP contribution in [0.15, 0.2) is 0 Å². The van der Waals surface area contributed by atoms with Crippen molar-refractivity contribution in [3.8, 4) is 0 Å². The van der Waals surface area contributed by atoms with E-state index in [2.05, 4.69) is 20.8 Å². The second-order valence-electron chi connectivity index (χ2n) is 2.90. The topological polar surface area (TPSA) is 27.7 Å². The SMILES string of the molecule is CCCOC(OCCC)O[SiH2]CC. The Morgan fingerprint density at radius 2 is 1.54 bits per heavy atom. The molecule has 0 saturated heterocycles. The van der Waals surface area contributed by atoms with E-state index in [1.807, 2.05) is 0 Å². The third-order valence-electron chi connectivity index (χ3n) is 1.37. The molecule has 0 aromatic rings. The van der Waals surface area contributed by atoms with Gasteiger partial charge in [-0.2, -0.15) is 0 Å². The maximum absolute atomic E-state index is 5.49. The number of ether oxygens (including phenoxy) is 2. The second kappa shape index (κ2) is 10.2. The molecule has 0 radical (unpaired) electrons. The standard InChI is InChI=1S/C9H22O3Si/c1-4-7-10-9(11-8-5-2)12-13-6-3/h9H,4-8,13H2,1-3H3. The zero-order chi connectivity index (χ0) is 9.94. The maximum atomic E-state index is 5.49. The monoisotopic (exact) mass is 206 g/mol. The van der Waals surface area contributed by atoms with Gasteiger partial charge < -0.3 is 13.9 Å². The Bertz CT molecular complexity index is 81.8. The number of hydrogen-bond acceptors (Lipinski definition) is 3. The Balaban J connectivity index is 3.47. The molecule has 0 spiro atoms. The average Bonchev–Trinajstić information content (AvgIpc) is 2.17. The summed E-state index contributed by atoms with van der Waals surface area (Å²) < 4.78 is 16.3.